The van der Waals surface area contributed by atoms with Gasteiger partial charge in [0.25, 0.3) is 10.0 Å². The van der Waals surface area contributed by atoms with E-state index in [1.807, 2.05) is 13.8 Å². The van der Waals surface area contributed by atoms with E-state index in [9.17, 15) is 13.2 Å². The third-order valence-electron chi connectivity index (χ3n) is 3.51. The summed E-state index contributed by atoms with van der Waals surface area (Å²) in [6, 6.07) is 9.17. The Morgan fingerprint density at radius 3 is 2.18 bits per heavy atom. The molecule has 0 saturated carbocycles. The van der Waals surface area contributed by atoms with E-state index in [2.05, 4.69) is 4.72 Å². The van der Waals surface area contributed by atoms with Crippen molar-refractivity contribution in [1.82, 2.24) is 0 Å². The minimum absolute atomic E-state index is 0.117. The van der Waals surface area contributed by atoms with E-state index >= 15 is 0 Å². The number of sulfonamides is 1. The summed E-state index contributed by atoms with van der Waals surface area (Å²) in [7, 11) is -3.71. The predicted molar refractivity (Wildman–Crippen MR) is 84.9 cm³/mol. The highest BCUT2D eigenvalue weighted by Gasteiger charge is 2.16. The average Bonchev–Trinajstić information content (AvgIpc) is 2.43. The van der Waals surface area contributed by atoms with Crippen molar-refractivity contribution in [2.75, 3.05) is 4.72 Å². The number of hydrogen-bond donors (Lipinski definition) is 2. The van der Waals surface area contributed by atoms with Crippen LogP contribution in [0.4, 0.5) is 5.69 Å². The summed E-state index contributed by atoms with van der Waals surface area (Å²) < 4.78 is 27.3. The zero-order valence-electron chi connectivity index (χ0n) is 12.5. The summed E-state index contributed by atoms with van der Waals surface area (Å²) in [5.41, 5.74) is 2.93. The van der Waals surface area contributed by atoms with Crippen LogP contribution in [0.15, 0.2) is 41.3 Å². The number of aryl methyl sites for hydroxylation is 3. The molecule has 0 aliphatic carbocycles. The fourth-order valence-corrected chi connectivity index (χ4v) is 3.21. The molecule has 2 aromatic carbocycles. The molecule has 2 aromatic rings. The molecule has 0 spiro atoms. The number of anilines is 1. The van der Waals surface area contributed by atoms with Gasteiger partial charge in [0.1, 0.15) is 0 Å². The van der Waals surface area contributed by atoms with Crippen LogP contribution in [0.1, 0.15) is 27.0 Å². The Hall–Kier alpha value is -2.34. The highest BCUT2D eigenvalue weighted by atomic mass is 32.2. The molecule has 0 saturated heterocycles. The van der Waals surface area contributed by atoms with E-state index in [1.54, 1.807) is 25.1 Å². The first-order valence-corrected chi connectivity index (χ1v) is 8.13. The number of carbonyl (C=O) groups is 1. The van der Waals surface area contributed by atoms with E-state index in [-0.39, 0.29) is 10.5 Å². The molecule has 5 nitrogen and oxygen atoms in total. The Labute approximate surface area is 129 Å². The van der Waals surface area contributed by atoms with Gasteiger partial charge in [0, 0.05) is 0 Å². The van der Waals surface area contributed by atoms with E-state index < -0.39 is 16.0 Å². The third-order valence-corrected chi connectivity index (χ3v) is 4.87. The lowest BCUT2D eigenvalue weighted by Gasteiger charge is -2.12. The standard InChI is InChI=1S/C16H17NO4S/c1-10-4-6-14(9-11(10)2)22(20,21)17-15-7-5-13(16(18)19)8-12(15)3/h4-9,17H,1-3H3,(H,18,19). The quantitative estimate of drug-likeness (QED) is 0.907. The predicted octanol–water partition coefficient (Wildman–Crippen LogP) is 3.11. The van der Waals surface area contributed by atoms with Gasteiger partial charge in [-0.1, -0.05) is 6.07 Å². The van der Waals surface area contributed by atoms with Crippen LogP contribution in [0.3, 0.4) is 0 Å². The lowest BCUT2D eigenvalue weighted by atomic mass is 10.1. The number of benzene rings is 2. The van der Waals surface area contributed by atoms with E-state index in [0.29, 0.717) is 11.3 Å². The molecule has 0 aliphatic heterocycles. The summed E-state index contributed by atoms with van der Waals surface area (Å²) in [6.07, 6.45) is 0. The molecule has 0 bridgehead atoms. The van der Waals surface area contributed by atoms with Gasteiger partial charge in [0.2, 0.25) is 0 Å². The van der Waals surface area contributed by atoms with Crippen LogP contribution < -0.4 is 4.72 Å². The Morgan fingerprint density at radius 2 is 1.64 bits per heavy atom. The largest absolute Gasteiger partial charge is 0.478 e. The van der Waals surface area contributed by atoms with Gasteiger partial charge in [-0.2, -0.15) is 0 Å². The van der Waals surface area contributed by atoms with Crippen molar-refractivity contribution in [2.45, 2.75) is 25.7 Å². The highest BCUT2D eigenvalue weighted by Crippen LogP contribution is 2.22. The first-order chi connectivity index (χ1) is 10.2. The smallest absolute Gasteiger partial charge is 0.335 e. The van der Waals surface area contributed by atoms with Gasteiger partial charge in [0.15, 0.2) is 0 Å². The average molecular weight is 319 g/mol. The summed E-state index contributed by atoms with van der Waals surface area (Å²) in [4.78, 5) is 11.1. The van der Waals surface area contributed by atoms with E-state index in [0.717, 1.165) is 11.1 Å². The second kappa shape index (κ2) is 5.81. The minimum Gasteiger partial charge on any atom is -0.478 e. The number of carboxylic acids is 1. The van der Waals surface area contributed by atoms with Gasteiger partial charge in [-0.05, 0) is 67.8 Å². The van der Waals surface area contributed by atoms with E-state index in [4.69, 9.17) is 5.11 Å². The van der Waals surface area contributed by atoms with Gasteiger partial charge in [0.05, 0.1) is 16.1 Å². The Morgan fingerprint density at radius 1 is 0.955 bits per heavy atom. The van der Waals surface area contributed by atoms with Crippen LogP contribution in [0.25, 0.3) is 0 Å². The summed E-state index contributed by atoms with van der Waals surface area (Å²) in [5, 5.41) is 8.93. The van der Waals surface area contributed by atoms with Gasteiger partial charge in [-0.3, -0.25) is 4.72 Å². The Kier molecular flexibility index (Phi) is 4.23. The SMILES string of the molecule is Cc1ccc(S(=O)(=O)Nc2ccc(C(=O)O)cc2C)cc1C. The molecular formula is C16H17NO4S. The molecular weight excluding hydrogens is 302 g/mol. The highest BCUT2D eigenvalue weighted by molar-refractivity contribution is 7.92. The molecule has 6 heteroatoms. The maximum Gasteiger partial charge on any atom is 0.335 e. The molecule has 0 unspecified atom stereocenters. The lowest BCUT2D eigenvalue weighted by molar-refractivity contribution is 0.0697. The second-order valence-electron chi connectivity index (χ2n) is 5.19. The van der Waals surface area contributed by atoms with Crippen LogP contribution in [-0.2, 0) is 10.0 Å². The lowest BCUT2D eigenvalue weighted by Crippen LogP contribution is -2.14. The van der Waals surface area contributed by atoms with Crippen LogP contribution in [0.5, 0.6) is 0 Å². The number of hydrogen-bond acceptors (Lipinski definition) is 3. The fourth-order valence-electron chi connectivity index (χ4n) is 2.00. The van der Waals surface area contributed by atoms with Crippen molar-refractivity contribution < 1.29 is 18.3 Å². The maximum atomic E-state index is 12.4. The number of aromatic carboxylic acids is 1. The van der Waals surface area contributed by atoms with Gasteiger partial charge < -0.3 is 5.11 Å². The van der Waals surface area contributed by atoms with Crippen molar-refractivity contribution in [1.29, 1.82) is 0 Å². The monoisotopic (exact) mass is 319 g/mol. The first kappa shape index (κ1) is 16.0. The molecule has 0 amide bonds. The molecule has 0 fully saturated rings. The molecule has 0 aliphatic rings. The third kappa shape index (κ3) is 3.28. The van der Waals surface area contributed by atoms with Gasteiger partial charge in [-0.15, -0.1) is 0 Å². The van der Waals surface area contributed by atoms with Crippen molar-refractivity contribution in [2.24, 2.45) is 0 Å². The normalized spacial score (nSPS) is 11.2. The summed E-state index contributed by atoms with van der Waals surface area (Å²) in [6.45, 7) is 5.42. The van der Waals surface area contributed by atoms with Crippen LogP contribution in [-0.4, -0.2) is 19.5 Å². The summed E-state index contributed by atoms with van der Waals surface area (Å²) in [5.74, 6) is -1.05. The Balaban J connectivity index is 2.36. The maximum absolute atomic E-state index is 12.4. The first-order valence-electron chi connectivity index (χ1n) is 6.65. The second-order valence-corrected chi connectivity index (χ2v) is 6.87. The van der Waals surface area contributed by atoms with Crippen LogP contribution in [0.2, 0.25) is 0 Å². The molecule has 2 N–H and O–H groups in total. The van der Waals surface area contributed by atoms with Crippen LogP contribution in [0, 0.1) is 20.8 Å². The topological polar surface area (TPSA) is 83.5 Å². The summed E-state index contributed by atoms with van der Waals surface area (Å²) >= 11 is 0. The molecule has 0 aromatic heterocycles. The Bertz CT molecular complexity index is 841. The molecule has 0 atom stereocenters. The zero-order chi connectivity index (χ0) is 16.5. The van der Waals surface area contributed by atoms with Crippen molar-refractivity contribution in [3.8, 4) is 0 Å². The minimum atomic E-state index is -3.71. The van der Waals surface area contributed by atoms with E-state index in [1.165, 1.54) is 18.2 Å². The van der Waals surface area contributed by atoms with Crippen molar-refractivity contribution in [3.63, 3.8) is 0 Å². The molecule has 116 valence electrons. The number of carboxylic acid groups (broad SMARTS) is 1. The molecule has 0 radical (unpaired) electrons. The van der Waals surface area contributed by atoms with Crippen molar-refractivity contribution >= 4 is 21.7 Å². The van der Waals surface area contributed by atoms with Crippen molar-refractivity contribution in [3.05, 3.63) is 58.7 Å². The zero-order valence-corrected chi connectivity index (χ0v) is 13.4. The van der Waals surface area contributed by atoms with Gasteiger partial charge >= 0.3 is 5.97 Å². The molecule has 0 heterocycles. The van der Waals surface area contributed by atoms with Gasteiger partial charge in [-0.25, -0.2) is 13.2 Å². The fraction of sp³-hybridized carbons (Fsp3) is 0.188. The molecule has 2 rings (SSSR count). The number of nitrogens with one attached hydrogen (secondary N) is 1. The molecule has 22 heavy (non-hydrogen) atoms. The number of rotatable bonds is 4. The van der Waals surface area contributed by atoms with Crippen LogP contribution >= 0.6 is 0 Å².